The Bertz CT molecular complexity index is 932. The summed E-state index contributed by atoms with van der Waals surface area (Å²) in [6, 6.07) is 12.3. The Labute approximate surface area is 153 Å². The number of benzene rings is 2. The zero-order chi connectivity index (χ0) is 17.9. The molecule has 0 aliphatic carbocycles. The van der Waals surface area contributed by atoms with Crippen molar-refractivity contribution in [3.8, 4) is 17.1 Å². The van der Waals surface area contributed by atoms with E-state index in [-0.39, 0.29) is 5.91 Å². The largest absolute Gasteiger partial charge is 0.496 e. The summed E-state index contributed by atoms with van der Waals surface area (Å²) in [6.07, 6.45) is 6.49. The molecular formula is C21H23N3O2. The van der Waals surface area contributed by atoms with Gasteiger partial charge >= 0.3 is 0 Å². The normalized spacial score (nSPS) is 14.3. The van der Waals surface area contributed by atoms with E-state index in [2.05, 4.69) is 27.8 Å². The van der Waals surface area contributed by atoms with Crippen molar-refractivity contribution in [2.75, 3.05) is 20.2 Å². The smallest absolute Gasteiger partial charge is 0.222 e. The number of imidazole rings is 1. The summed E-state index contributed by atoms with van der Waals surface area (Å²) in [5.41, 5.74) is 1.10. The van der Waals surface area contributed by atoms with Crippen LogP contribution in [0.15, 0.2) is 48.8 Å². The Kier molecular flexibility index (Phi) is 4.61. The molecule has 1 aliphatic rings. The highest BCUT2D eigenvalue weighted by atomic mass is 16.5. The highest BCUT2D eigenvalue weighted by Gasteiger charge is 2.19. The van der Waals surface area contributed by atoms with Crippen molar-refractivity contribution in [2.24, 2.45) is 0 Å². The lowest BCUT2D eigenvalue weighted by Gasteiger charge is -2.16. The van der Waals surface area contributed by atoms with E-state index in [9.17, 15) is 4.79 Å². The number of carbonyl (C=O) groups excluding carboxylic acids is 1. The Balaban J connectivity index is 1.59. The van der Waals surface area contributed by atoms with E-state index in [0.717, 1.165) is 60.4 Å². The van der Waals surface area contributed by atoms with Gasteiger partial charge in [-0.15, -0.1) is 0 Å². The molecule has 4 rings (SSSR count). The Hall–Kier alpha value is -2.82. The average molecular weight is 349 g/mol. The number of nitrogens with zero attached hydrogens (tertiary/aromatic N) is 3. The summed E-state index contributed by atoms with van der Waals surface area (Å²) in [5, 5.41) is 2.22. The predicted molar refractivity (Wildman–Crippen MR) is 102 cm³/mol. The SMILES string of the molecule is COc1ccc(-c2nccn2CCCN2CCCC2=O)c2ccccc12. The third-order valence-electron chi connectivity index (χ3n) is 5.06. The highest BCUT2D eigenvalue weighted by molar-refractivity contribution is 5.98. The number of aromatic nitrogens is 2. The van der Waals surface area contributed by atoms with Gasteiger partial charge in [0.1, 0.15) is 11.6 Å². The van der Waals surface area contributed by atoms with E-state index >= 15 is 0 Å². The first kappa shape index (κ1) is 16.6. The van der Waals surface area contributed by atoms with Crippen molar-refractivity contribution >= 4 is 16.7 Å². The fourth-order valence-electron chi connectivity index (χ4n) is 3.75. The topological polar surface area (TPSA) is 47.4 Å². The van der Waals surface area contributed by atoms with Gasteiger partial charge in [-0.25, -0.2) is 4.98 Å². The van der Waals surface area contributed by atoms with Gasteiger partial charge in [0.15, 0.2) is 0 Å². The van der Waals surface area contributed by atoms with Crippen molar-refractivity contribution in [1.29, 1.82) is 0 Å². The van der Waals surface area contributed by atoms with Crippen LogP contribution in [0.5, 0.6) is 5.75 Å². The van der Waals surface area contributed by atoms with Crippen LogP contribution in [-0.4, -0.2) is 40.6 Å². The van der Waals surface area contributed by atoms with Gasteiger partial charge < -0.3 is 14.2 Å². The lowest BCUT2D eigenvalue weighted by atomic mass is 10.0. The van der Waals surface area contributed by atoms with E-state index in [4.69, 9.17) is 4.74 Å². The Morgan fingerprint density at radius 2 is 1.96 bits per heavy atom. The van der Waals surface area contributed by atoms with Gasteiger partial charge in [-0.1, -0.05) is 24.3 Å². The number of rotatable bonds is 6. The summed E-state index contributed by atoms with van der Waals surface area (Å²) < 4.78 is 7.67. The Morgan fingerprint density at radius 3 is 2.73 bits per heavy atom. The van der Waals surface area contributed by atoms with E-state index in [1.54, 1.807) is 7.11 Å². The number of hydrogen-bond acceptors (Lipinski definition) is 3. The predicted octanol–water partition coefficient (Wildman–Crippen LogP) is 3.72. The average Bonchev–Trinajstić information content (AvgIpc) is 3.30. The van der Waals surface area contributed by atoms with Gasteiger partial charge in [0, 0.05) is 49.4 Å². The molecule has 0 unspecified atom stereocenters. The molecule has 1 aliphatic heterocycles. The molecule has 1 amide bonds. The molecule has 1 aromatic heterocycles. The zero-order valence-electron chi connectivity index (χ0n) is 15.0. The molecule has 5 nitrogen and oxygen atoms in total. The summed E-state index contributed by atoms with van der Waals surface area (Å²) in [5.74, 6) is 2.11. The number of likely N-dealkylation sites (tertiary alicyclic amines) is 1. The maximum atomic E-state index is 11.8. The number of amides is 1. The van der Waals surface area contributed by atoms with Gasteiger partial charge in [0.2, 0.25) is 5.91 Å². The monoisotopic (exact) mass is 349 g/mol. The Morgan fingerprint density at radius 1 is 1.12 bits per heavy atom. The number of ether oxygens (including phenoxy) is 1. The van der Waals surface area contributed by atoms with Crippen LogP contribution in [0.3, 0.4) is 0 Å². The molecule has 0 radical (unpaired) electrons. The van der Waals surface area contributed by atoms with Crippen LogP contribution < -0.4 is 4.74 Å². The lowest BCUT2D eigenvalue weighted by molar-refractivity contribution is -0.127. The van der Waals surface area contributed by atoms with Gasteiger partial charge in [0.25, 0.3) is 0 Å². The lowest BCUT2D eigenvalue weighted by Crippen LogP contribution is -2.26. The summed E-state index contributed by atoms with van der Waals surface area (Å²) in [4.78, 5) is 18.3. The van der Waals surface area contributed by atoms with E-state index in [0.29, 0.717) is 6.42 Å². The molecule has 1 fully saturated rings. The fourth-order valence-corrected chi connectivity index (χ4v) is 3.75. The summed E-state index contributed by atoms with van der Waals surface area (Å²) in [7, 11) is 1.70. The van der Waals surface area contributed by atoms with Crippen LogP contribution >= 0.6 is 0 Å². The molecule has 0 atom stereocenters. The maximum absolute atomic E-state index is 11.8. The molecule has 0 N–H and O–H groups in total. The van der Waals surface area contributed by atoms with Gasteiger partial charge in [-0.3, -0.25) is 4.79 Å². The first-order chi connectivity index (χ1) is 12.8. The number of hydrogen-bond donors (Lipinski definition) is 0. The van der Waals surface area contributed by atoms with E-state index in [1.165, 1.54) is 0 Å². The third-order valence-corrected chi connectivity index (χ3v) is 5.06. The van der Waals surface area contributed by atoms with Crippen LogP contribution in [0.4, 0.5) is 0 Å². The van der Waals surface area contributed by atoms with Crippen molar-refractivity contribution in [1.82, 2.24) is 14.5 Å². The second kappa shape index (κ2) is 7.20. The van der Waals surface area contributed by atoms with Crippen LogP contribution in [0.2, 0.25) is 0 Å². The second-order valence-corrected chi connectivity index (χ2v) is 6.64. The van der Waals surface area contributed by atoms with E-state index in [1.807, 2.05) is 35.5 Å². The molecule has 0 saturated carbocycles. The molecule has 26 heavy (non-hydrogen) atoms. The van der Waals surface area contributed by atoms with Crippen LogP contribution in [-0.2, 0) is 11.3 Å². The summed E-state index contributed by atoms with van der Waals surface area (Å²) in [6.45, 7) is 2.57. The van der Waals surface area contributed by atoms with E-state index < -0.39 is 0 Å². The molecular weight excluding hydrogens is 326 g/mol. The first-order valence-corrected chi connectivity index (χ1v) is 9.13. The van der Waals surface area contributed by atoms with Gasteiger partial charge in [-0.2, -0.15) is 0 Å². The zero-order valence-corrected chi connectivity index (χ0v) is 15.0. The summed E-state index contributed by atoms with van der Waals surface area (Å²) >= 11 is 0. The highest BCUT2D eigenvalue weighted by Crippen LogP contribution is 2.33. The van der Waals surface area contributed by atoms with Crippen molar-refractivity contribution < 1.29 is 9.53 Å². The van der Waals surface area contributed by atoms with Gasteiger partial charge in [0.05, 0.1) is 7.11 Å². The first-order valence-electron chi connectivity index (χ1n) is 9.13. The number of methoxy groups -OCH3 is 1. The van der Waals surface area contributed by atoms with Crippen LogP contribution in [0.25, 0.3) is 22.2 Å². The molecule has 2 aromatic carbocycles. The quantitative estimate of drug-likeness (QED) is 0.681. The molecule has 134 valence electrons. The minimum absolute atomic E-state index is 0.289. The molecule has 0 bridgehead atoms. The van der Waals surface area contributed by atoms with Crippen molar-refractivity contribution in [3.63, 3.8) is 0 Å². The standard InChI is InChI=1S/C21H23N3O2/c1-26-19-10-9-18(16-6-2-3-7-17(16)19)21-22-11-15-24(21)14-5-13-23-12-4-8-20(23)25/h2-3,6-7,9-11,15H,4-5,8,12-14H2,1H3. The molecule has 3 aromatic rings. The maximum Gasteiger partial charge on any atom is 0.222 e. The molecule has 5 heteroatoms. The minimum Gasteiger partial charge on any atom is -0.496 e. The van der Waals surface area contributed by atoms with Crippen LogP contribution in [0.1, 0.15) is 19.3 Å². The molecule has 0 spiro atoms. The number of aryl methyl sites for hydroxylation is 1. The van der Waals surface area contributed by atoms with Gasteiger partial charge in [-0.05, 0) is 30.4 Å². The van der Waals surface area contributed by atoms with Crippen molar-refractivity contribution in [3.05, 3.63) is 48.8 Å². The fraction of sp³-hybridized carbons (Fsp3) is 0.333. The molecule has 1 saturated heterocycles. The number of fused-ring (bicyclic) bond motifs is 1. The third kappa shape index (κ3) is 3.05. The number of carbonyl (C=O) groups is 1. The minimum atomic E-state index is 0.289. The molecule has 2 heterocycles. The van der Waals surface area contributed by atoms with Crippen LogP contribution in [0, 0.1) is 0 Å². The second-order valence-electron chi connectivity index (χ2n) is 6.64. The van der Waals surface area contributed by atoms with Crippen molar-refractivity contribution in [2.45, 2.75) is 25.8 Å².